The van der Waals surface area contributed by atoms with Crippen molar-refractivity contribution in [3.05, 3.63) is 22.8 Å². The fraction of sp³-hybridized carbons (Fsp3) is 0.600. The Balaban J connectivity index is 1.79. The van der Waals surface area contributed by atoms with Gasteiger partial charge in [0.15, 0.2) is 0 Å². The Morgan fingerprint density at radius 3 is 2.95 bits per heavy atom. The van der Waals surface area contributed by atoms with E-state index in [4.69, 9.17) is 11.6 Å². The highest BCUT2D eigenvalue weighted by atomic mass is 35.5. The molecule has 0 aliphatic carbocycles. The van der Waals surface area contributed by atoms with Gasteiger partial charge in [-0.2, -0.15) is 0 Å². The van der Waals surface area contributed by atoms with Crippen LogP contribution in [0, 0.1) is 0 Å². The Morgan fingerprint density at radius 1 is 1.33 bits per heavy atom. The van der Waals surface area contributed by atoms with Crippen molar-refractivity contribution in [2.24, 2.45) is 0 Å². The lowest BCUT2D eigenvalue weighted by atomic mass is 10.2. The van der Waals surface area contributed by atoms with Crippen LogP contribution in [0.15, 0.2) is 12.1 Å². The van der Waals surface area contributed by atoms with Crippen molar-refractivity contribution in [3.63, 3.8) is 0 Å². The quantitative estimate of drug-likeness (QED) is 0.850. The summed E-state index contributed by atoms with van der Waals surface area (Å²) in [7, 11) is 1.77. The molecular formula is C15H21ClN4O. The molecule has 1 unspecified atom stereocenters. The minimum Gasteiger partial charge on any atom is -0.373 e. The third kappa shape index (κ3) is 3.14. The first kappa shape index (κ1) is 14.6. The average molecular weight is 309 g/mol. The summed E-state index contributed by atoms with van der Waals surface area (Å²) in [5.74, 6) is 0.688. The van der Waals surface area contributed by atoms with Crippen LogP contribution in [-0.2, 0) is 0 Å². The molecule has 1 aromatic heterocycles. The van der Waals surface area contributed by atoms with E-state index in [1.54, 1.807) is 19.2 Å². The monoisotopic (exact) mass is 308 g/mol. The molecule has 1 atom stereocenters. The van der Waals surface area contributed by atoms with Gasteiger partial charge in [-0.3, -0.25) is 9.69 Å². The number of anilines is 1. The molecule has 0 saturated carbocycles. The third-order valence-corrected chi connectivity index (χ3v) is 4.58. The fourth-order valence-electron chi connectivity index (χ4n) is 3.32. The Hall–Kier alpha value is -1.33. The first-order valence-electron chi connectivity index (χ1n) is 7.56. The molecule has 0 spiro atoms. The largest absolute Gasteiger partial charge is 0.373 e. The van der Waals surface area contributed by atoms with Crippen molar-refractivity contribution in [2.75, 3.05) is 38.5 Å². The second-order valence-corrected chi connectivity index (χ2v) is 6.14. The van der Waals surface area contributed by atoms with Gasteiger partial charge in [0.1, 0.15) is 11.0 Å². The van der Waals surface area contributed by atoms with Crippen LogP contribution in [0.4, 0.5) is 5.82 Å². The van der Waals surface area contributed by atoms with Gasteiger partial charge in [0.2, 0.25) is 0 Å². The average Bonchev–Trinajstić information content (AvgIpc) is 2.83. The van der Waals surface area contributed by atoms with E-state index < -0.39 is 0 Å². The van der Waals surface area contributed by atoms with Crippen molar-refractivity contribution in [1.29, 1.82) is 0 Å². The summed E-state index contributed by atoms with van der Waals surface area (Å²) < 4.78 is 0. The number of carbonyl (C=O) groups is 1. The van der Waals surface area contributed by atoms with Crippen LogP contribution in [-0.4, -0.2) is 60.0 Å². The van der Waals surface area contributed by atoms with Crippen LogP contribution in [0.25, 0.3) is 0 Å². The van der Waals surface area contributed by atoms with Gasteiger partial charge in [0.25, 0.3) is 5.91 Å². The second-order valence-electron chi connectivity index (χ2n) is 5.75. The molecule has 21 heavy (non-hydrogen) atoms. The van der Waals surface area contributed by atoms with Crippen LogP contribution >= 0.6 is 11.6 Å². The predicted octanol–water partition coefficient (Wildman–Crippen LogP) is 2.09. The fourth-order valence-corrected chi connectivity index (χ4v) is 3.53. The molecule has 1 N–H and O–H groups in total. The minimum absolute atomic E-state index is 0.0598. The molecule has 3 rings (SSSR count). The lowest BCUT2D eigenvalue weighted by Crippen LogP contribution is -2.39. The molecular weight excluding hydrogens is 288 g/mol. The van der Waals surface area contributed by atoms with Crippen LogP contribution in [0.1, 0.15) is 29.6 Å². The van der Waals surface area contributed by atoms with Crippen LogP contribution in [0.2, 0.25) is 5.15 Å². The molecule has 0 bridgehead atoms. The van der Waals surface area contributed by atoms with Gasteiger partial charge in [-0.15, -0.1) is 0 Å². The summed E-state index contributed by atoms with van der Waals surface area (Å²) in [5, 5.41) is 3.29. The number of nitrogens with one attached hydrogen (secondary N) is 1. The minimum atomic E-state index is 0.0598. The second kappa shape index (κ2) is 6.20. The molecule has 0 aromatic carbocycles. The van der Waals surface area contributed by atoms with E-state index in [-0.39, 0.29) is 5.91 Å². The van der Waals surface area contributed by atoms with E-state index in [0.717, 1.165) is 26.1 Å². The molecule has 6 heteroatoms. The van der Waals surface area contributed by atoms with Gasteiger partial charge in [-0.1, -0.05) is 11.6 Å². The summed E-state index contributed by atoms with van der Waals surface area (Å²) in [6, 6.07) is 3.95. The summed E-state index contributed by atoms with van der Waals surface area (Å²) in [6.07, 6.45) is 3.49. The maximum atomic E-state index is 12.8. The van der Waals surface area contributed by atoms with Gasteiger partial charge < -0.3 is 10.2 Å². The Kier molecular flexibility index (Phi) is 4.31. The molecule has 1 amide bonds. The Bertz CT molecular complexity index is 536. The number of carbonyl (C=O) groups excluding carboxylic acids is 1. The lowest BCUT2D eigenvalue weighted by molar-refractivity contribution is 0.0743. The van der Waals surface area contributed by atoms with E-state index in [1.165, 1.54) is 19.4 Å². The summed E-state index contributed by atoms with van der Waals surface area (Å²) >= 11 is 6.00. The number of fused-ring (bicyclic) bond motifs is 1. The standard InChI is InChI=1S/C15H21ClN4O/c1-17-14-9-11(8-13(16)18-14)15(21)20-7-3-6-19-5-2-4-12(19)10-20/h8-9,12H,2-7,10H2,1H3,(H,17,18). The zero-order valence-electron chi connectivity index (χ0n) is 12.3. The highest BCUT2D eigenvalue weighted by Crippen LogP contribution is 2.23. The number of aromatic nitrogens is 1. The van der Waals surface area contributed by atoms with Crippen LogP contribution in [0.3, 0.4) is 0 Å². The van der Waals surface area contributed by atoms with Crippen molar-refractivity contribution in [1.82, 2.24) is 14.8 Å². The summed E-state index contributed by atoms with van der Waals surface area (Å²) in [4.78, 5) is 21.4. The molecule has 2 saturated heterocycles. The van der Waals surface area contributed by atoms with Gasteiger partial charge in [0.05, 0.1) is 0 Å². The number of nitrogens with zero attached hydrogens (tertiary/aromatic N) is 3. The summed E-state index contributed by atoms with van der Waals surface area (Å²) in [6.45, 7) is 3.93. The number of halogens is 1. The highest BCUT2D eigenvalue weighted by molar-refractivity contribution is 6.29. The number of hydrogen-bond acceptors (Lipinski definition) is 4. The third-order valence-electron chi connectivity index (χ3n) is 4.39. The molecule has 2 aliphatic rings. The molecule has 114 valence electrons. The maximum Gasteiger partial charge on any atom is 0.254 e. The van der Waals surface area contributed by atoms with Crippen LogP contribution in [0.5, 0.6) is 0 Å². The first-order valence-corrected chi connectivity index (χ1v) is 7.94. The molecule has 0 radical (unpaired) electrons. The number of amides is 1. The van der Waals surface area contributed by atoms with Gasteiger partial charge in [-0.05, 0) is 37.9 Å². The van der Waals surface area contributed by atoms with Gasteiger partial charge in [0, 0.05) is 38.3 Å². The van der Waals surface area contributed by atoms with Crippen molar-refractivity contribution in [2.45, 2.75) is 25.3 Å². The number of pyridine rings is 1. The van der Waals surface area contributed by atoms with Crippen molar-refractivity contribution in [3.8, 4) is 0 Å². The van der Waals surface area contributed by atoms with E-state index in [0.29, 0.717) is 22.6 Å². The predicted molar refractivity (Wildman–Crippen MR) is 83.9 cm³/mol. The van der Waals surface area contributed by atoms with Crippen molar-refractivity contribution < 1.29 is 4.79 Å². The highest BCUT2D eigenvalue weighted by Gasteiger charge is 2.31. The molecule has 1 aromatic rings. The normalized spacial score (nSPS) is 22.8. The summed E-state index contributed by atoms with van der Waals surface area (Å²) in [5.41, 5.74) is 0.616. The van der Waals surface area contributed by atoms with E-state index in [9.17, 15) is 4.79 Å². The first-order chi connectivity index (χ1) is 10.2. The van der Waals surface area contributed by atoms with E-state index in [2.05, 4.69) is 15.2 Å². The smallest absolute Gasteiger partial charge is 0.254 e. The lowest BCUT2D eigenvalue weighted by Gasteiger charge is -2.25. The van der Waals surface area contributed by atoms with Crippen LogP contribution < -0.4 is 5.32 Å². The Morgan fingerprint density at radius 2 is 2.14 bits per heavy atom. The number of hydrogen-bond donors (Lipinski definition) is 1. The van der Waals surface area contributed by atoms with Gasteiger partial charge in [-0.25, -0.2) is 4.98 Å². The molecule has 2 fully saturated rings. The zero-order chi connectivity index (χ0) is 14.8. The topological polar surface area (TPSA) is 48.5 Å². The Labute approximate surface area is 130 Å². The molecule has 2 aliphatic heterocycles. The van der Waals surface area contributed by atoms with E-state index in [1.807, 2.05) is 4.90 Å². The van der Waals surface area contributed by atoms with Gasteiger partial charge >= 0.3 is 0 Å². The van der Waals surface area contributed by atoms with Crippen molar-refractivity contribution >= 4 is 23.3 Å². The molecule has 3 heterocycles. The number of rotatable bonds is 2. The maximum absolute atomic E-state index is 12.8. The molecule has 5 nitrogen and oxygen atoms in total. The SMILES string of the molecule is CNc1cc(C(=O)N2CCCN3CCCC3C2)cc(Cl)n1. The van der Waals surface area contributed by atoms with E-state index >= 15 is 0 Å². The zero-order valence-corrected chi connectivity index (χ0v) is 13.1.